The van der Waals surface area contributed by atoms with Crippen molar-refractivity contribution in [1.29, 1.82) is 0 Å². The van der Waals surface area contributed by atoms with E-state index in [1.807, 2.05) is 32.0 Å². The molecule has 0 fully saturated rings. The maximum absolute atomic E-state index is 9.68. The summed E-state index contributed by atoms with van der Waals surface area (Å²) in [4.78, 5) is 0. The van der Waals surface area contributed by atoms with Gasteiger partial charge in [-0.1, -0.05) is 12.1 Å². The van der Waals surface area contributed by atoms with Crippen LogP contribution in [0.25, 0.3) is 0 Å². The first kappa shape index (κ1) is 15.2. The Morgan fingerprint density at radius 1 is 1.00 bits per heavy atom. The number of phenolic OH excluding ortho intramolecular Hbond substituents is 2. The Balaban J connectivity index is 1.94. The van der Waals surface area contributed by atoms with Crippen molar-refractivity contribution in [3.05, 3.63) is 53.1 Å². The van der Waals surface area contributed by atoms with Crippen molar-refractivity contribution in [3.63, 3.8) is 0 Å². The molecule has 0 bridgehead atoms. The molecule has 21 heavy (non-hydrogen) atoms. The summed E-state index contributed by atoms with van der Waals surface area (Å²) in [5.74, 6) is 0.648. The Kier molecular flexibility index (Phi) is 4.73. The molecule has 0 saturated carbocycles. The van der Waals surface area contributed by atoms with Gasteiger partial charge >= 0.3 is 0 Å². The molecule has 1 atom stereocenters. The van der Waals surface area contributed by atoms with Crippen LogP contribution in [-0.2, 0) is 6.42 Å². The number of nitrogens with one attached hydrogen (secondary N) is 1. The molecule has 0 aromatic heterocycles. The minimum Gasteiger partial charge on any atom is -0.508 e. The average Bonchev–Trinajstić information content (AvgIpc) is 2.44. The van der Waals surface area contributed by atoms with Gasteiger partial charge in [0.25, 0.3) is 0 Å². The van der Waals surface area contributed by atoms with E-state index in [2.05, 4.69) is 12.2 Å². The smallest absolute Gasteiger partial charge is 0.118 e. The van der Waals surface area contributed by atoms with E-state index in [-0.39, 0.29) is 0 Å². The van der Waals surface area contributed by atoms with Crippen LogP contribution in [0.3, 0.4) is 0 Å². The largest absolute Gasteiger partial charge is 0.508 e. The lowest BCUT2D eigenvalue weighted by Crippen LogP contribution is -2.16. The van der Waals surface area contributed by atoms with Gasteiger partial charge in [-0.3, -0.25) is 0 Å². The fraction of sp³-hybridized carbons (Fsp3) is 0.333. The molecule has 0 aliphatic rings. The first-order valence-electron chi connectivity index (χ1n) is 7.30. The van der Waals surface area contributed by atoms with Crippen LogP contribution in [0.2, 0.25) is 0 Å². The van der Waals surface area contributed by atoms with Crippen molar-refractivity contribution in [2.45, 2.75) is 39.7 Å². The Labute approximate surface area is 126 Å². The van der Waals surface area contributed by atoms with E-state index in [9.17, 15) is 10.2 Å². The summed E-state index contributed by atoms with van der Waals surface area (Å²) in [6.45, 7) is 6.05. The molecule has 0 spiro atoms. The number of hydrogen-bond acceptors (Lipinski definition) is 3. The zero-order valence-electron chi connectivity index (χ0n) is 12.9. The molecule has 0 heterocycles. The van der Waals surface area contributed by atoms with E-state index in [0.29, 0.717) is 17.5 Å². The van der Waals surface area contributed by atoms with Gasteiger partial charge in [-0.2, -0.15) is 0 Å². The van der Waals surface area contributed by atoms with Gasteiger partial charge < -0.3 is 15.5 Å². The summed E-state index contributed by atoms with van der Waals surface area (Å²) in [6, 6.07) is 11.5. The van der Waals surface area contributed by atoms with Crippen LogP contribution in [0.15, 0.2) is 36.4 Å². The normalized spacial score (nSPS) is 12.1. The van der Waals surface area contributed by atoms with Crippen molar-refractivity contribution < 1.29 is 10.2 Å². The third-order valence-corrected chi connectivity index (χ3v) is 3.75. The van der Waals surface area contributed by atoms with Crippen molar-refractivity contribution in [2.24, 2.45) is 0 Å². The molecule has 2 rings (SSSR count). The van der Waals surface area contributed by atoms with E-state index >= 15 is 0 Å². The van der Waals surface area contributed by atoms with Crippen LogP contribution in [0.5, 0.6) is 11.5 Å². The Bertz CT molecular complexity index is 605. The molecule has 2 aromatic rings. The van der Waals surface area contributed by atoms with Crippen LogP contribution in [0, 0.1) is 13.8 Å². The topological polar surface area (TPSA) is 52.5 Å². The molecule has 0 aliphatic carbocycles. The predicted molar refractivity (Wildman–Crippen MR) is 87.1 cm³/mol. The first-order valence-corrected chi connectivity index (χ1v) is 7.30. The van der Waals surface area contributed by atoms with Gasteiger partial charge in [-0.15, -0.1) is 0 Å². The zero-order valence-corrected chi connectivity index (χ0v) is 12.9. The lowest BCUT2D eigenvalue weighted by molar-refractivity contribution is 0.470. The monoisotopic (exact) mass is 285 g/mol. The minimum atomic E-state index is 0.306. The molecule has 3 heteroatoms. The summed E-state index contributed by atoms with van der Waals surface area (Å²) in [5, 5.41) is 22.5. The fourth-order valence-electron chi connectivity index (χ4n) is 2.34. The van der Waals surface area contributed by atoms with Crippen LogP contribution in [0.1, 0.15) is 30.0 Å². The van der Waals surface area contributed by atoms with Crippen molar-refractivity contribution in [1.82, 2.24) is 0 Å². The van der Waals surface area contributed by atoms with E-state index in [4.69, 9.17) is 0 Å². The van der Waals surface area contributed by atoms with Crippen LogP contribution in [-0.4, -0.2) is 16.3 Å². The lowest BCUT2D eigenvalue weighted by Gasteiger charge is -2.18. The van der Waals surface area contributed by atoms with E-state index < -0.39 is 0 Å². The van der Waals surface area contributed by atoms with E-state index in [1.54, 1.807) is 18.2 Å². The third kappa shape index (κ3) is 4.15. The molecular weight excluding hydrogens is 262 g/mol. The summed E-state index contributed by atoms with van der Waals surface area (Å²) < 4.78 is 0. The minimum absolute atomic E-state index is 0.306. The summed E-state index contributed by atoms with van der Waals surface area (Å²) >= 11 is 0. The summed E-state index contributed by atoms with van der Waals surface area (Å²) in [7, 11) is 0. The zero-order chi connectivity index (χ0) is 15.4. The average molecular weight is 285 g/mol. The van der Waals surface area contributed by atoms with Crippen molar-refractivity contribution in [2.75, 3.05) is 5.32 Å². The molecule has 3 nitrogen and oxygen atoms in total. The summed E-state index contributed by atoms with van der Waals surface area (Å²) in [6.07, 6.45) is 1.97. The highest BCUT2D eigenvalue weighted by Gasteiger charge is 2.07. The summed E-state index contributed by atoms with van der Waals surface area (Å²) in [5.41, 5.74) is 4.23. The second kappa shape index (κ2) is 6.53. The highest BCUT2D eigenvalue weighted by atomic mass is 16.3. The van der Waals surface area contributed by atoms with Gasteiger partial charge in [0.2, 0.25) is 0 Å². The molecule has 2 aromatic carbocycles. The highest BCUT2D eigenvalue weighted by molar-refractivity contribution is 5.57. The van der Waals surface area contributed by atoms with E-state index in [0.717, 1.165) is 29.7 Å². The molecule has 0 aliphatic heterocycles. The third-order valence-electron chi connectivity index (χ3n) is 3.75. The van der Waals surface area contributed by atoms with Crippen LogP contribution >= 0.6 is 0 Å². The molecule has 0 amide bonds. The quantitative estimate of drug-likeness (QED) is 0.723. The second-order valence-electron chi connectivity index (χ2n) is 5.70. The van der Waals surface area contributed by atoms with Crippen molar-refractivity contribution >= 4 is 5.69 Å². The molecule has 3 N–H and O–H groups in total. The maximum Gasteiger partial charge on any atom is 0.118 e. The number of hydrogen-bond donors (Lipinski definition) is 3. The van der Waals surface area contributed by atoms with Crippen LogP contribution < -0.4 is 5.32 Å². The number of aryl methyl sites for hydroxylation is 3. The van der Waals surface area contributed by atoms with Gasteiger partial charge in [-0.25, -0.2) is 0 Å². The molecule has 1 unspecified atom stereocenters. The van der Waals surface area contributed by atoms with Gasteiger partial charge in [0.05, 0.1) is 0 Å². The standard InChI is InChI=1S/C18H23NO2/c1-12-11-18(21)13(2)10-17(12)19-14(3)4-5-15-6-8-16(20)9-7-15/h6-11,14,19-21H,4-5H2,1-3H3. The fourth-order valence-corrected chi connectivity index (χ4v) is 2.34. The van der Waals surface area contributed by atoms with Crippen molar-refractivity contribution in [3.8, 4) is 11.5 Å². The number of benzene rings is 2. The Hall–Kier alpha value is -2.16. The van der Waals surface area contributed by atoms with Gasteiger partial charge in [0.1, 0.15) is 11.5 Å². The Morgan fingerprint density at radius 3 is 2.33 bits per heavy atom. The number of rotatable bonds is 5. The molecule has 0 saturated heterocycles. The van der Waals surface area contributed by atoms with Crippen LogP contribution in [0.4, 0.5) is 5.69 Å². The highest BCUT2D eigenvalue weighted by Crippen LogP contribution is 2.26. The number of aromatic hydroxyl groups is 2. The lowest BCUT2D eigenvalue weighted by atomic mass is 10.0. The number of phenols is 2. The second-order valence-corrected chi connectivity index (χ2v) is 5.70. The van der Waals surface area contributed by atoms with Gasteiger partial charge in [0, 0.05) is 11.7 Å². The van der Waals surface area contributed by atoms with Gasteiger partial charge in [-0.05, 0) is 74.6 Å². The Morgan fingerprint density at radius 2 is 1.67 bits per heavy atom. The number of anilines is 1. The van der Waals surface area contributed by atoms with Gasteiger partial charge in [0.15, 0.2) is 0 Å². The molecular formula is C18H23NO2. The molecule has 0 radical (unpaired) electrons. The maximum atomic E-state index is 9.68. The first-order chi connectivity index (χ1) is 9.95. The SMILES string of the molecule is Cc1cc(NC(C)CCc2ccc(O)cc2)c(C)cc1O. The van der Waals surface area contributed by atoms with E-state index in [1.165, 1.54) is 5.56 Å². The predicted octanol–water partition coefficient (Wildman–Crippen LogP) is 4.15. The molecule has 112 valence electrons.